The maximum absolute atomic E-state index is 13.9. The van der Waals surface area contributed by atoms with Gasteiger partial charge in [-0.05, 0) is 19.1 Å². The van der Waals surface area contributed by atoms with E-state index in [4.69, 9.17) is 5.11 Å². The third kappa shape index (κ3) is 2.81. The van der Waals surface area contributed by atoms with Crippen LogP contribution in [-0.4, -0.2) is 34.7 Å². The third-order valence-corrected chi connectivity index (χ3v) is 3.73. The van der Waals surface area contributed by atoms with E-state index in [-0.39, 0.29) is 5.95 Å². The number of carboxylic acid groups (broad SMARTS) is 1. The molecule has 0 amide bonds. The Morgan fingerprint density at radius 3 is 2.57 bits per heavy atom. The molecule has 1 aromatic heterocycles. The number of H-pyrrole nitrogens is 1. The molecular weight excluding hydrogens is 310 g/mol. The molecule has 2 rings (SSSR count). The number of aromatic nitrogens is 3. The lowest BCUT2D eigenvalue weighted by Gasteiger charge is -2.08. The Labute approximate surface area is 116 Å². The Bertz CT molecular complexity index is 818. The molecule has 0 aliphatic rings. The standard InChI is InChI=1S/C10H8F2N4O4S/c1-4-13-10(15-14-4)16-21(19,20)6-3-2-5(11)7(8(6)12)9(17)18/h2-3H,1H3,(H,17,18)(H2,13,14,15,16). The highest BCUT2D eigenvalue weighted by molar-refractivity contribution is 7.92. The van der Waals surface area contributed by atoms with Crippen LogP contribution in [0.15, 0.2) is 17.0 Å². The highest BCUT2D eigenvalue weighted by Crippen LogP contribution is 2.22. The van der Waals surface area contributed by atoms with Crippen LogP contribution in [0.2, 0.25) is 0 Å². The van der Waals surface area contributed by atoms with Crippen molar-refractivity contribution in [1.82, 2.24) is 15.2 Å². The lowest BCUT2D eigenvalue weighted by molar-refractivity contribution is 0.0685. The second-order valence-electron chi connectivity index (χ2n) is 3.89. The zero-order chi connectivity index (χ0) is 15.8. The van der Waals surface area contributed by atoms with Gasteiger partial charge in [-0.1, -0.05) is 0 Å². The first-order valence-electron chi connectivity index (χ1n) is 5.35. The number of nitrogens with zero attached hydrogens (tertiary/aromatic N) is 2. The number of sulfonamides is 1. The van der Waals surface area contributed by atoms with E-state index < -0.39 is 38.1 Å². The number of halogens is 2. The normalized spacial score (nSPS) is 11.4. The monoisotopic (exact) mass is 318 g/mol. The van der Waals surface area contributed by atoms with E-state index in [9.17, 15) is 22.0 Å². The third-order valence-electron chi connectivity index (χ3n) is 2.38. The average molecular weight is 318 g/mol. The maximum atomic E-state index is 13.9. The van der Waals surface area contributed by atoms with Crippen molar-refractivity contribution >= 4 is 21.9 Å². The van der Waals surface area contributed by atoms with Crippen LogP contribution in [0.25, 0.3) is 0 Å². The van der Waals surface area contributed by atoms with Crippen molar-refractivity contribution in [3.05, 3.63) is 35.2 Å². The minimum absolute atomic E-state index is 0.304. The second kappa shape index (κ2) is 5.09. The van der Waals surface area contributed by atoms with Crippen LogP contribution >= 0.6 is 0 Å². The Balaban J connectivity index is 2.50. The van der Waals surface area contributed by atoms with Crippen molar-refractivity contribution < 1.29 is 27.1 Å². The van der Waals surface area contributed by atoms with Crippen LogP contribution in [0.3, 0.4) is 0 Å². The van der Waals surface area contributed by atoms with E-state index in [0.717, 1.165) is 0 Å². The van der Waals surface area contributed by atoms with Crippen LogP contribution in [0.4, 0.5) is 14.7 Å². The molecule has 0 aliphatic heterocycles. The van der Waals surface area contributed by atoms with Crippen molar-refractivity contribution in [3.8, 4) is 0 Å². The van der Waals surface area contributed by atoms with Gasteiger partial charge in [0, 0.05) is 0 Å². The van der Waals surface area contributed by atoms with Gasteiger partial charge in [0.2, 0.25) is 0 Å². The summed E-state index contributed by atoms with van der Waals surface area (Å²) in [6.07, 6.45) is 0. The molecular formula is C10H8F2N4O4S. The molecule has 0 fully saturated rings. The number of carboxylic acids is 1. The van der Waals surface area contributed by atoms with E-state index in [1.54, 1.807) is 0 Å². The van der Waals surface area contributed by atoms with Gasteiger partial charge < -0.3 is 5.11 Å². The largest absolute Gasteiger partial charge is 0.477 e. The highest BCUT2D eigenvalue weighted by Gasteiger charge is 2.27. The predicted molar refractivity (Wildman–Crippen MR) is 65.2 cm³/mol. The minimum Gasteiger partial charge on any atom is -0.477 e. The number of anilines is 1. The number of carbonyl (C=O) groups is 1. The van der Waals surface area contributed by atoms with Gasteiger partial charge in [-0.3, -0.25) is 5.10 Å². The molecule has 1 aromatic carbocycles. The summed E-state index contributed by atoms with van der Waals surface area (Å²) >= 11 is 0. The van der Waals surface area contributed by atoms with Crippen LogP contribution < -0.4 is 4.72 Å². The van der Waals surface area contributed by atoms with E-state index in [2.05, 4.69) is 15.2 Å². The summed E-state index contributed by atoms with van der Waals surface area (Å²) in [7, 11) is -4.50. The number of benzene rings is 1. The average Bonchev–Trinajstić information content (AvgIpc) is 2.72. The van der Waals surface area contributed by atoms with Crippen molar-refractivity contribution in [2.45, 2.75) is 11.8 Å². The van der Waals surface area contributed by atoms with Crippen LogP contribution in [0.5, 0.6) is 0 Å². The quantitative estimate of drug-likeness (QED) is 0.769. The Kier molecular flexibility index (Phi) is 3.60. The van der Waals surface area contributed by atoms with Gasteiger partial charge in [0.1, 0.15) is 22.1 Å². The van der Waals surface area contributed by atoms with Gasteiger partial charge >= 0.3 is 5.97 Å². The predicted octanol–water partition coefficient (Wildman–Crippen LogP) is 0.890. The van der Waals surface area contributed by atoms with Crippen molar-refractivity contribution in [3.63, 3.8) is 0 Å². The number of hydrogen-bond donors (Lipinski definition) is 3. The summed E-state index contributed by atoms with van der Waals surface area (Å²) in [6.45, 7) is 1.51. The molecule has 0 unspecified atom stereocenters. The molecule has 0 bridgehead atoms. The summed E-state index contributed by atoms with van der Waals surface area (Å²) in [4.78, 5) is 13.4. The lowest BCUT2D eigenvalue weighted by Crippen LogP contribution is -2.18. The number of aromatic amines is 1. The Morgan fingerprint density at radius 2 is 2.05 bits per heavy atom. The van der Waals surface area contributed by atoms with E-state index >= 15 is 0 Å². The van der Waals surface area contributed by atoms with Gasteiger partial charge in [0.05, 0.1) is 0 Å². The fraction of sp³-hybridized carbons (Fsp3) is 0.100. The number of nitrogens with one attached hydrogen (secondary N) is 2. The molecule has 8 nitrogen and oxygen atoms in total. The Morgan fingerprint density at radius 1 is 1.38 bits per heavy atom. The molecule has 112 valence electrons. The van der Waals surface area contributed by atoms with Gasteiger partial charge in [0.15, 0.2) is 5.82 Å². The zero-order valence-corrected chi connectivity index (χ0v) is 11.2. The fourth-order valence-corrected chi connectivity index (χ4v) is 2.53. The number of hydrogen-bond acceptors (Lipinski definition) is 5. The van der Waals surface area contributed by atoms with Gasteiger partial charge in [-0.2, -0.15) is 4.98 Å². The van der Waals surface area contributed by atoms with Crippen molar-refractivity contribution in [2.24, 2.45) is 0 Å². The van der Waals surface area contributed by atoms with Crippen molar-refractivity contribution in [1.29, 1.82) is 0 Å². The molecule has 0 atom stereocenters. The summed E-state index contributed by atoms with van der Waals surface area (Å²) in [5, 5.41) is 14.6. The van der Waals surface area contributed by atoms with Crippen LogP contribution in [0.1, 0.15) is 16.2 Å². The molecule has 21 heavy (non-hydrogen) atoms. The number of rotatable bonds is 4. The molecule has 1 heterocycles. The molecule has 0 radical (unpaired) electrons. The zero-order valence-electron chi connectivity index (χ0n) is 10.4. The van der Waals surface area contributed by atoms with Crippen molar-refractivity contribution in [2.75, 3.05) is 4.72 Å². The fourth-order valence-electron chi connectivity index (χ4n) is 1.50. The van der Waals surface area contributed by atoms with E-state index in [1.165, 1.54) is 6.92 Å². The molecule has 0 saturated heterocycles. The summed E-state index contributed by atoms with van der Waals surface area (Å²) in [5.41, 5.74) is -1.36. The SMILES string of the molecule is Cc1nc(NS(=O)(=O)c2ccc(F)c(C(=O)O)c2F)n[nH]1. The maximum Gasteiger partial charge on any atom is 0.341 e. The van der Waals surface area contributed by atoms with Crippen LogP contribution in [0, 0.1) is 18.6 Å². The Hall–Kier alpha value is -2.56. The van der Waals surface area contributed by atoms with Gasteiger partial charge in [-0.25, -0.2) is 26.7 Å². The molecule has 11 heteroatoms. The van der Waals surface area contributed by atoms with E-state index in [0.29, 0.717) is 18.0 Å². The second-order valence-corrected chi connectivity index (χ2v) is 5.54. The number of aromatic carboxylic acids is 1. The first-order valence-corrected chi connectivity index (χ1v) is 6.84. The first-order chi connectivity index (χ1) is 9.72. The first kappa shape index (κ1) is 14.8. The summed E-state index contributed by atoms with van der Waals surface area (Å²) in [5.74, 6) is -5.06. The van der Waals surface area contributed by atoms with E-state index in [1.807, 2.05) is 4.72 Å². The molecule has 0 spiro atoms. The molecule has 0 aliphatic carbocycles. The van der Waals surface area contributed by atoms with Gasteiger partial charge in [-0.15, -0.1) is 5.10 Å². The summed E-state index contributed by atoms with van der Waals surface area (Å²) < 4.78 is 52.9. The molecule has 0 saturated carbocycles. The summed E-state index contributed by atoms with van der Waals surface area (Å²) in [6, 6.07) is 1.16. The topological polar surface area (TPSA) is 125 Å². The van der Waals surface area contributed by atoms with Crippen LogP contribution in [-0.2, 0) is 10.0 Å². The minimum atomic E-state index is -4.50. The number of aryl methyl sites for hydroxylation is 1. The molecule has 3 N–H and O–H groups in total. The lowest BCUT2D eigenvalue weighted by atomic mass is 10.2. The molecule has 2 aromatic rings. The smallest absolute Gasteiger partial charge is 0.341 e. The van der Waals surface area contributed by atoms with Gasteiger partial charge in [0.25, 0.3) is 16.0 Å². The highest BCUT2D eigenvalue weighted by atomic mass is 32.2.